The van der Waals surface area contributed by atoms with Crippen molar-refractivity contribution in [2.24, 2.45) is 0 Å². The van der Waals surface area contributed by atoms with Crippen LogP contribution < -0.4 is 10.2 Å². The normalized spacial score (nSPS) is 29.0. The molecule has 28 heavy (non-hydrogen) atoms. The molecule has 0 amide bonds. The van der Waals surface area contributed by atoms with Crippen molar-refractivity contribution in [1.82, 2.24) is 0 Å². The fraction of sp³-hybridized carbons (Fsp3) is 0.526. The van der Waals surface area contributed by atoms with Gasteiger partial charge >= 0.3 is 0 Å². The number of benzene rings is 1. The van der Waals surface area contributed by atoms with Gasteiger partial charge in [0.1, 0.15) is 52.6 Å². The molecule has 0 bridgehead atoms. The van der Waals surface area contributed by atoms with Crippen LogP contribution in [0.2, 0.25) is 0 Å². The summed E-state index contributed by atoms with van der Waals surface area (Å²) in [4.78, 5) is 12.3. The minimum absolute atomic E-state index is 0.00531. The van der Waals surface area contributed by atoms with E-state index in [1.165, 1.54) is 12.1 Å². The molecule has 3 rings (SSSR count). The second-order valence-electron chi connectivity index (χ2n) is 6.95. The Kier molecular flexibility index (Phi) is 5.92. The third-order valence-corrected chi connectivity index (χ3v) is 5.00. The quantitative estimate of drug-likeness (QED) is 0.477. The summed E-state index contributed by atoms with van der Waals surface area (Å²) in [6, 6.07) is 3.86. The molecular formula is C19H24O9. The Morgan fingerprint density at radius 3 is 2.50 bits per heavy atom. The first-order chi connectivity index (χ1) is 13.3. The predicted octanol–water partition coefficient (Wildman–Crippen LogP) is 0.191. The van der Waals surface area contributed by atoms with Gasteiger partial charge in [-0.3, -0.25) is 4.79 Å². The number of aliphatic hydroxyl groups is 4. The molecule has 154 valence electrons. The number of rotatable bonds is 5. The maximum Gasteiger partial charge on any atom is 0.229 e. The fourth-order valence-corrected chi connectivity index (χ4v) is 3.07. The average molecular weight is 396 g/mol. The lowest BCUT2D eigenvalue weighted by Crippen LogP contribution is -2.60. The Balaban J connectivity index is 1.96. The van der Waals surface area contributed by atoms with E-state index in [1.54, 1.807) is 0 Å². The van der Waals surface area contributed by atoms with Gasteiger partial charge in [-0.2, -0.15) is 0 Å². The van der Waals surface area contributed by atoms with Crippen LogP contribution in [-0.4, -0.2) is 62.8 Å². The van der Waals surface area contributed by atoms with E-state index in [-0.39, 0.29) is 28.4 Å². The van der Waals surface area contributed by atoms with Crippen molar-refractivity contribution >= 4 is 11.0 Å². The smallest absolute Gasteiger partial charge is 0.229 e. The summed E-state index contributed by atoms with van der Waals surface area (Å²) in [6.45, 7) is 3.25. The zero-order chi connectivity index (χ0) is 20.6. The first-order valence-corrected chi connectivity index (χ1v) is 9.04. The molecule has 6 atom stereocenters. The molecule has 9 nitrogen and oxygen atoms in total. The molecule has 2 aromatic rings. The Bertz CT molecular complexity index is 891. The highest BCUT2D eigenvalue weighted by Crippen LogP contribution is 2.32. The molecule has 1 unspecified atom stereocenters. The van der Waals surface area contributed by atoms with Crippen LogP contribution in [0.15, 0.2) is 27.4 Å². The molecule has 0 radical (unpaired) electrons. The largest absolute Gasteiger partial charge is 0.507 e. The second kappa shape index (κ2) is 8.06. The van der Waals surface area contributed by atoms with Gasteiger partial charge in [-0.15, -0.1) is 0 Å². The summed E-state index contributed by atoms with van der Waals surface area (Å²) in [5.74, 6) is 0.0963. The van der Waals surface area contributed by atoms with Crippen molar-refractivity contribution in [1.29, 1.82) is 0 Å². The third-order valence-electron chi connectivity index (χ3n) is 5.00. The second-order valence-corrected chi connectivity index (χ2v) is 6.95. The number of ether oxygens (including phenoxy) is 2. The number of aromatic hydroxyl groups is 1. The van der Waals surface area contributed by atoms with E-state index >= 15 is 0 Å². The zero-order valence-electron chi connectivity index (χ0n) is 15.5. The van der Waals surface area contributed by atoms with E-state index in [0.29, 0.717) is 5.76 Å². The van der Waals surface area contributed by atoms with E-state index in [9.17, 15) is 30.3 Å². The van der Waals surface area contributed by atoms with Crippen LogP contribution in [0.3, 0.4) is 0 Å². The molecule has 1 saturated heterocycles. The molecule has 5 N–H and O–H groups in total. The summed E-state index contributed by atoms with van der Waals surface area (Å²) >= 11 is 0. The molecule has 1 fully saturated rings. The maximum atomic E-state index is 12.3. The summed E-state index contributed by atoms with van der Waals surface area (Å²) in [7, 11) is 0. The standard InChI is InChI=1S/C19H24O9/c1-3-8(2)12-6-11(22)15-10(21)4-9(5-13(15)27-12)26-19-18(25)17(24)16(23)14(7-20)28-19/h4-6,8,14,16-21,23-25H,3,7H2,1-2H3/t8?,14-,16-,17+,18-,19-/m1/s1. The first-order valence-electron chi connectivity index (χ1n) is 9.04. The van der Waals surface area contributed by atoms with Gasteiger partial charge in [0, 0.05) is 24.1 Å². The SMILES string of the molecule is CCC(C)c1cc(=O)c2c(O)cc(O[C@@H]3O[C@H](CO)[C@@H](O)[C@H](O)[C@H]3O)cc2o1. The van der Waals surface area contributed by atoms with Gasteiger partial charge in [-0.1, -0.05) is 13.8 Å². The van der Waals surface area contributed by atoms with Gasteiger partial charge in [0.2, 0.25) is 6.29 Å². The Morgan fingerprint density at radius 1 is 1.14 bits per heavy atom. The van der Waals surface area contributed by atoms with Crippen LogP contribution in [0.25, 0.3) is 11.0 Å². The summed E-state index contributed by atoms with van der Waals surface area (Å²) in [5.41, 5.74) is -0.296. The number of hydrogen-bond acceptors (Lipinski definition) is 9. The van der Waals surface area contributed by atoms with Gasteiger partial charge < -0.3 is 39.4 Å². The minimum Gasteiger partial charge on any atom is -0.507 e. The first kappa shape index (κ1) is 20.6. The average Bonchev–Trinajstić information content (AvgIpc) is 2.67. The van der Waals surface area contributed by atoms with Gasteiger partial charge in [0.15, 0.2) is 5.43 Å². The molecule has 2 heterocycles. The molecule has 0 saturated carbocycles. The number of fused-ring (bicyclic) bond motifs is 1. The topological polar surface area (TPSA) is 150 Å². The molecule has 1 aliphatic heterocycles. The van der Waals surface area contributed by atoms with Gasteiger partial charge in [0.05, 0.1) is 6.61 Å². The Morgan fingerprint density at radius 2 is 1.86 bits per heavy atom. The van der Waals surface area contributed by atoms with Crippen molar-refractivity contribution in [3.05, 3.63) is 34.2 Å². The molecule has 0 aliphatic carbocycles. The van der Waals surface area contributed by atoms with Crippen LogP contribution in [0.5, 0.6) is 11.5 Å². The van der Waals surface area contributed by atoms with Crippen LogP contribution in [-0.2, 0) is 4.74 Å². The number of phenols is 1. The molecule has 1 aromatic heterocycles. The lowest BCUT2D eigenvalue weighted by Gasteiger charge is -2.39. The van der Waals surface area contributed by atoms with E-state index < -0.39 is 42.7 Å². The van der Waals surface area contributed by atoms with Gasteiger partial charge in [-0.05, 0) is 6.42 Å². The molecule has 1 aliphatic rings. The summed E-state index contributed by atoms with van der Waals surface area (Å²) in [5, 5.41) is 49.2. The van der Waals surface area contributed by atoms with Crippen molar-refractivity contribution < 1.29 is 39.4 Å². The van der Waals surface area contributed by atoms with Gasteiger partial charge in [-0.25, -0.2) is 0 Å². The molecule has 0 spiro atoms. The van der Waals surface area contributed by atoms with Crippen molar-refractivity contribution in [2.45, 2.75) is 56.9 Å². The third kappa shape index (κ3) is 3.71. The predicted molar refractivity (Wildman–Crippen MR) is 97.3 cm³/mol. The highest BCUT2D eigenvalue weighted by Gasteiger charge is 2.44. The highest BCUT2D eigenvalue weighted by atomic mass is 16.7. The molecular weight excluding hydrogens is 372 g/mol. The van der Waals surface area contributed by atoms with E-state index in [1.807, 2.05) is 13.8 Å². The van der Waals surface area contributed by atoms with Crippen LogP contribution >= 0.6 is 0 Å². The highest BCUT2D eigenvalue weighted by molar-refractivity contribution is 5.84. The van der Waals surface area contributed by atoms with E-state index in [0.717, 1.165) is 12.5 Å². The zero-order valence-corrected chi connectivity index (χ0v) is 15.5. The summed E-state index contributed by atoms with van der Waals surface area (Å²) < 4.78 is 16.5. The maximum absolute atomic E-state index is 12.3. The van der Waals surface area contributed by atoms with Crippen molar-refractivity contribution in [3.63, 3.8) is 0 Å². The molecule has 1 aromatic carbocycles. The van der Waals surface area contributed by atoms with Crippen LogP contribution in [0, 0.1) is 0 Å². The summed E-state index contributed by atoms with van der Waals surface area (Å²) in [6.07, 6.45) is -6.51. The van der Waals surface area contributed by atoms with Crippen LogP contribution in [0.1, 0.15) is 31.9 Å². The molecule has 9 heteroatoms. The fourth-order valence-electron chi connectivity index (χ4n) is 3.07. The number of phenolic OH excluding ortho intramolecular Hbond substituents is 1. The monoisotopic (exact) mass is 396 g/mol. The number of hydrogen-bond donors (Lipinski definition) is 5. The van der Waals surface area contributed by atoms with Crippen LogP contribution in [0.4, 0.5) is 0 Å². The minimum atomic E-state index is -1.60. The van der Waals surface area contributed by atoms with E-state index in [2.05, 4.69) is 0 Å². The van der Waals surface area contributed by atoms with E-state index in [4.69, 9.17) is 13.9 Å². The van der Waals surface area contributed by atoms with Crippen molar-refractivity contribution in [3.8, 4) is 11.5 Å². The Hall–Kier alpha value is -2.17. The Labute approximate surface area is 160 Å². The van der Waals surface area contributed by atoms with Gasteiger partial charge in [0.25, 0.3) is 0 Å². The number of aliphatic hydroxyl groups excluding tert-OH is 4. The lowest BCUT2D eigenvalue weighted by molar-refractivity contribution is -0.277. The lowest BCUT2D eigenvalue weighted by atomic mass is 9.99. The van der Waals surface area contributed by atoms with Crippen molar-refractivity contribution in [2.75, 3.05) is 6.61 Å².